The van der Waals surface area contributed by atoms with Crippen LogP contribution in [0.4, 0.5) is 4.79 Å². The molecule has 0 heterocycles. The van der Waals surface area contributed by atoms with Gasteiger partial charge in [-0.2, -0.15) is 0 Å². The minimum Gasteiger partial charge on any atom is -0.351 e. The van der Waals surface area contributed by atoms with Gasteiger partial charge in [-0.15, -0.1) is 12.4 Å². The number of urea groups is 1. The first kappa shape index (κ1) is 9.10. The SMILES string of the molecule is Cl.N[13C](=O)[15NH][15NH2]. The highest BCUT2D eigenvalue weighted by atomic mass is 35.5. The first-order valence-electron chi connectivity index (χ1n) is 1.03. The molecule has 0 atom stereocenters. The van der Waals surface area contributed by atoms with Gasteiger partial charge in [-0.3, -0.25) is 5.43 Å². The Bertz CT molecular complexity index is 46.1. The average molecular weight is 115 g/mol. The molecule has 0 saturated heterocycles. The number of halogens is 1. The van der Waals surface area contributed by atoms with E-state index in [-0.39, 0.29) is 12.4 Å². The van der Waals surface area contributed by atoms with E-state index in [4.69, 9.17) is 0 Å². The van der Waals surface area contributed by atoms with E-state index in [9.17, 15) is 4.79 Å². The standard InChI is InChI=1S/CH5N3O.ClH/c2-1(5)4-3;/h3H2,(H3,2,4,5);1H/i1+1,3+1,4+1;. The van der Waals surface area contributed by atoms with Crippen LogP contribution >= 0.6 is 12.4 Å². The number of hydrogen-bond donors (Lipinski definition) is 3. The van der Waals surface area contributed by atoms with Crippen LogP contribution in [0.2, 0.25) is 0 Å². The molecule has 4 nitrogen and oxygen atoms in total. The Morgan fingerprint density at radius 3 is 1.83 bits per heavy atom. The van der Waals surface area contributed by atoms with Crippen LogP contribution in [0, 0.1) is 0 Å². The van der Waals surface area contributed by atoms with E-state index in [2.05, 4.69) is 11.6 Å². The van der Waals surface area contributed by atoms with Crippen molar-refractivity contribution in [3.63, 3.8) is 0 Å². The molecule has 0 radical (unpaired) electrons. The van der Waals surface area contributed by atoms with Gasteiger partial charge < -0.3 is 5.73 Å². The lowest BCUT2D eigenvalue weighted by Crippen LogP contribution is -2.34. The van der Waals surface area contributed by atoms with E-state index in [1.807, 2.05) is 0 Å². The van der Waals surface area contributed by atoms with Crippen LogP contribution in [-0.4, -0.2) is 6.03 Å². The highest BCUT2D eigenvalue weighted by molar-refractivity contribution is 5.85. The van der Waals surface area contributed by atoms with Gasteiger partial charge in [0.1, 0.15) is 0 Å². The minimum absolute atomic E-state index is 0. The summed E-state index contributed by atoms with van der Waals surface area (Å²) in [6.45, 7) is 0. The van der Waals surface area contributed by atoms with E-state index >= 15 is 0 Å². The summed E-state index contributed by atoms with van der Waals surface area (Å²) in [6.07, 6.45) is 0. The Hall–Kier alpha value is -0.480. The molecule has 0 spiro atoms. The molecule has 0 aliphatic rings. The first-order chi connectivity index (χ1) is 2.27. The van der Waals surface area contributed by atoms with Crippen molar-refractivity contribution in [3.05, 3.63) is 0 Å². The van der Waals surface area contributed by atoms with Gasteiger partial charge in [-0.25, -0.2) is 10.6 Å². The zero-order chi connectivity index (χ0) is 4.28. The van der Waals surface area contributed by atoms with E-state index in [1.165, 1.54) is 0 Å². The fourth-order valence-electron chi connectivity index (χ4n) is 0. The van der Waals surface area contributed by atoms with Crippen LogP contribution in [0.3, 0.4) is 0 Å². The fraction of sp³-hybridized carbons (Fsp3) is 0. The molecule has 0 unspecified atom stereocenters. The predicted octanol–water partition coefficient (Wildman–Crippen LogP) is -1.05. The summed E-state index contributed by atoms with van der Waals surface area (Å²) in [7, 11) is 0. The number of hydrogen-bond acceptors (Lipinski definition) is 2. The topological polar surface area (TPSA) is 81.1 Å². The van der Waals surface area contributed by atoms with Gasteiger partial charge in [0.25, 0.3) is 0 Å². The van der Waals surface area contributed by atoms with Gasteiger partial charge >= 0.3 is 6.03 Å². The quantitative estimate of drug-likeness (QED) is 0.124. The molecule has 0 saturated carbocycles. The number of hydrazine groups is 1. The molecule has 0 rings (SSSR count). The highest BCUT2D eigenvalue weighted by Gasteiger charge is 1.73. The maximum Gasteiger partial charge on any atom is 0.326 e. The minimum atomic E-state index is -0.718. The van der Waals surface area contributed by atoms with Crippen LogP contribution in [0.1, 0.15) is 0 Å². The van der Waals surface area contributed by atoms with Crippen molar-refractivity contribution >= 4 is 18.4 Å². The average Bonchev–Trinajstić information content (AvgIpc) is 1.38. The number of carbonyl (C=O) groups is 1. The molecule has 0 fully saturated rings. The predicted molar refractivity (Wildman–Crippen MR) is 24.2 cm³/mol. The van der Waals surface area contributed by atoms with Crippen molar-refractivity contribution in [1.82, 2.24) is 5.43 Å². The highest BCUT2D eigenvalue weighted by Crippen LogP contribution is 1.34. The number of amides is 2. The number of primary amides is 1. The largest absolute Gasteiger partial charge is 0.351 e. The van der Waals surface area contributed by atoms with Crippen LogP contribution in [0.5, 0.6) is 0 Å². The van der Waals surface area contributed by atoms with Gasteiger partial charge in [-0.1, -0.05) is 0 Å². The number of carbonyl (C=O) groups excluding carboxylic acids is 1. The van der Waals surface area contributed by atoms with Gasteiger partial charge in [0.2, 0.25) is 0 Å². The number of nitrogens with one attached hydrogen (secondary N) is 1. The first-order valence-corrected chi connectivity index (χ1v) is 1.03. The Morgan fingerprint density at radius 2 is 1.83 bits per heavy atom. The summed E-state index contributed by atoms with van der Waals surface area (Å²) in [6, 6.07) is -0.718. The molecular formula is CH6ClN3O. The number of nitrogens with two attached hydrogens (primary N) is 2. The van der Waals surface area contributed by atoms with E-state index in [0.717, 1.165) is 0 Å². The molecule has 0 bridgehead atoms. The second-order valence-corrected chi connectivity index (χ2v) is 0.509. The summed E-state index contributed by atoms with van der Waals surface area (Å²) < 4.78 is 0. The molecule has 0 aromatic carbocycles. The summed E-state index contributed by atoms with van der Waals surface area (Å²) in [5, 5.41) is 0. The fourth-order valence-corrected chi connectivity index (χ4v) is 0. The molecule has 0 aromatic heterocycles. The number of rotatable bonds is 0. The maximum absolute atomic E-state index is 9.35. The zero-order valence-electron chi connectivity index (χ0n) is 2.97. The van der Waals surface area contributed by atoms with Crippen molar-refractivity contribution in [3.8, 4) is 0 Å². The third-order valence-corrected chi connectivity index (χ3v) is 0.142. The zero-order valence-corrected chi connectivity index (χ0v) is 3.79. The van der Waals surface area contributed by atoms with Gasteiger partial charge in [0.05, 0.1) is 0 Å². The molecule has 0 aliphatic heterocycles. The molecular weight excluding hydrogens is 108 g/mol. The van der Waals surface area contributed by atoms with Crippen LogP contribution in [0.15, 0.2) is 0 Å². The van der Waals surface area contributed by atoms with Crippen LogP contribution < -0.4 is 17.0 Å². The second kappa shape index (κ2) is 4.52. The van der Waals surface area contributed by atoms with Crippen molar-refractivity contribution in [2.45, 2.75) is 0 Å². The normalized spacial score (nSPS) is 5.50. The monoisotopic (exact) mass is 114 g/mol. The Morgan fingerprint density at radius 1 is 1.67 bits per heavy atom. The second-order valence-electron chi connectivity index (χ2n) is 0.509. The van der Waals surface area contributed by atoms with Crippen molar-refractivity contribution in [2.75, 3.05) is 0 Å². The summed E-state index contributed by atoms with van der Waals surface area (Å²) in [5.41, 5.74) is 6.08. The lowest BCUT2D eigenvalue weighted by molar-refractivity contribution is 0.249. The third-order valence-electron chi connectivity index (χ3n) is 0.142. The molecule has 5 N–H and O–H groups in total. The lowest BCUT2D eigenvalue weighted by Gasteiger charge is -1.81. The summed E-state index contributed by atoms with van der Waals surface area (Å²) in [4.78, 5) is 9.35. The van der Waals surface area contributed by atoms with Crippen molar-refractivity contribution in [1.29, 1.82) is 0 Å². The van der Waals surface area contributed by atoms with Crippen molar-refractivity contribution in [2.24, 2.45) is 11.6 Å². The summed E-state index contributed by atoms with van der Waals surface area (Å²) in [5.74, 6) is 4.45. The Kier molecular flexibility index (Phi) is 6.86. The smallest absolute Gasteiger partial charge is 0.326 e. The van der Waals surface area contributed by atoms with Crippen LogP contribution in [-0.2, 0) is 0 Å². The molecule has 0 aromatic rings. The summed E-state index contributed by atoms with van der Waals surface area (Å²) >= 11 is 0. The van der Waals surface area contributed by atoms with Gasteiger partial charge in [-0.05, 0) is 0 Å². The maximum atomic E-state index is 9.35. The molecule has 0 aliphatic carbocycles. The Labute approximate surface area is 41.3 Å². The lowest BCUT2D eigenvalue weighted by atomic mass is 12.0. The van der Waals surface area contributed by atoms with E-state index in [1.54, 1.807) is 5.43 Å². The van der Waals surface area contributed by atoms with E-state index < -0.39 is 6.03 Å². The van der Waals surface area contributed by atoms with Crippen LogP contribution in [0.25, 0.3) is 0 Å². The van der Waals surface area contributed by atoms with Gasteiger partial charge in [0.15, 0.2) is 0 Å². The molecule has 6 heavy (non-hydrogen) atoms. The van der Waals surface area contributed by atoms with E-state index in [0.29, 0.717) is 0 Å². The molecule has 2 amide bonds. The van der Waals surface area contributed by atoms with Crippen molar-refractivity contribution < 1.29 is 4.79 Å². The Balaban J connectivity index is 0. The molecule has 38 valence electrons. The van der Waals surface area contributed by atoms with Gasteiger partial charge in [0, 0.05) is 0 Å². The third kappa shape index (κ3) is 9.68. The molecule has 5 heteroatoms.